The molecule has 104 valence electrons. The van der Waals surface area contributed by atoms with Crippen LogP contribution in [-0.4, -0.2) is 6.04 Å². The van der Waals surface area contributed by atoms with Crippen molar-refractivity contribution >= 4 is 5.69 Å². The molecule has 0 amide bonds. The van der Waals surface area contributed by atoms with Gasteiger partial charge in [-0.25, -0.2) is 0 Å². The summed E-state index contributed by atoms with van der Waals surface area (Å²) in [6.45, 7) is 11.8. The minimum Gasteiger partial charge on any atom is -0.381 e. The summed E-state index contributed by atoms with van der Waals surface area (Å²) in [7, 11) is 0. The van der Waals surface area contributed by atoms with Crippen LogP contribution in [0.2, 0.25) is 0 Å². The Kier molecular flexibility index (Phi) is 2.75. The third-order valence-corrected chi connectivity index (χ3v) is 5.80. The van der Waals surface area contributed by atoms with E-state index in [2.05, 4.69) is 58.1 Å². The second kappa shape index (κ2) is 4.01. The Morgan fingerprint density at radius 3 is 2.21 bits per heavy atom. The number of benzene rings is 1. The molecule has 0 saturated heterocycles. The van der Waals surface area contributed by atoms with Gasteiger partial charge < -0.3 is 5.32 Å². The summed E-state index contributed by atoms with van der Waals surface area (Å²) in [6.07, 6.45) is 4.22. The highest BCUT2D eigenvalue weighted by Gasteiger charge is 2.59. The van der Waals surface area contributed by atoms with E-state index in [-0.39, 0.29) is 0 Å². The molecule has 0 aromatic heterocycles. The Morgan fingerprint density at radius 1 is 1.05 bits per heavy atom. The Balaban J connectivity index is 1.90. The van der Waals surface area contributed by atoms with Gasteiger partial charge in [-0.15, -0.1) is 0 Å². The van der Waals surface area contributed by atoms with Crippen LogP contribution in [-0.2, 0) is 0 Å². The first-order valence-corrected chi connectivity index (χ1v) is 7.66. The first-order chi connectivity index (χ1) is 8.81. The molecule has 2 aliphatic carbocycles. The van der Waals surface area contributed by atoms with Gasteiger partial charge in [-0.3, -0.25) is 0 Å². The van der Waals surface area contributed by atoms with E-state index in [1.807, 2.05) is 0 Å². The maximum atomic E-state index is 3.88. The normalized spacial score (nSPS) is 35.6. The minimum absolute atomic E-state index is 0.421. The lowest BCUT2D eigenvalue weighted by Crippen LogP contribution is -2.45. The molecule has 1 aromatic rings. The maximum Gasteiger partial charge on any atom is 0.0368 e. The van der Waals surface area contributed by atoms with Gasteiger partial charge in [0.05, 0.1) is 0 Å². The van der Waals surface area contributed by atoms with Crippen LogP contribution >= 0.6 is 0 Å². The van der Waals surface area contributed by atoms with Crippen LogP contribution in [0.5, 0.6) is 0 Å². The Hall–Kier alpha value is -0.980. The lowest BCUT2D eigenvalue weighted by atomic mass is 9.68. The van der Waals surface area contributed by atoms with Gasteiger partial charge in [-0.2, -0.15) is 0 Å². The van der Waals surface area contributed by atoms with Gasteiger partial charge in [-0.05, 0) is 73.1 Å². The van der Waals surface area contributed by atoms with Crippen LogP contribution in [0.3, 0.4) is 0 Å². The summed E-state index contributed by atoms with van der Waals surface area (Å²) in [5, 5.41) is 3.88. The second-order valence-electron chi connectivity index (χ2n) is 7.87. The molecule has 0 heterocycles. The number of anilines is 1. The standard InChI is InChI=1S/C18H27N/c1-12-8-13(2)10-15(9-12)19-16-17(3,4)14-6-7-18(16,5)11-14/h8-10,14,16,19H,6-7,11H2,1-5H3. The summed E-state index contributed by atoms with van der Waals surface area (Å²) in [4.78, 5) is 0. The quantitative estimate of drug-likeness (QED) is 0.792. The summed E-state index contributed by atoms with van der Waals surface area (Å²) < 4.78 is 0. The summed E-state index contributed by atoms with van der Waals surface area (Å²) in [6, 6.07) is 7.44. The van der Waals surface area contributed by atoms with Crippen LogP contribution in [0.15, 0.2) is 18.2 Å². The molecule has 3 unspecified atom stereocenters. The highest BCUT2D eigenvalue weighted by Crippen LogP contribution is 2.63. The molecular formula is C18H27N. The van der Waals surface area contributed by atoms with Crippen molar-refractivity contribution in [2.45, 2.75) is 59.9 Å². The van der Waals surface area contributed by atoms with Crippen LogP contribution < -0.4 is 5.32 Å². The third kappa shape index (κ3) is 1.98. The zero-order chi connectivity index (χ0) is 13.8. The predicted molar refractivity (Wildman–Crippen MR) is 82.6 cm³/mol. The van der Waals surface area contributed by atoms with Gasteiger partial charge in [0.25, 0.3) is 0 Å². The predicted octanol–water partition coefficient (Wildman–Crippen LogP) is 4.93. The molecule has 0 spiro atoms. The Bertz CT molecular complexity index is 477. The fourth-order valence-corrected chi connectivity index (χ4v) is 4.89. The lowest BCUT2D eigenvalue weighted by molar-refractivity contribution is 0.155. The van der Waals surface area contributed by atoms with Crippen molar-refractivity contribution < 1.29 is 0 Å². The molecule has 19 heavy (non-hydrogen) atoms. The fraction of sp³-hybridized carbons (Fsp3) is 0.667. The van der Waals surface area contributed by atoms with E-state index in [4.69, 9.17) is 0 Å². The SMILES string of the molecule is Cc1cc(C)cc(NC2C3(C)CCC(C3)C2(C)C)c1. The molecule has 0 aliphatic heterocycles. The highest BCUT2D eigenvalue weighted by molar-refractivity contribution is 5.50. The van der Waals surface area contributed by atoms with E-state index in [1.54, 1.807) is 0 Å². The lowest BCUT2D eigenvalue weighted by Gasteiger charge is -2.43. The molecule has 3 rings (SSSR count). The van der Waals surface area contributed by atoms with Crippen molar-refractivity contribution in [1.82, 2.24) is 0 Å². The number of rotatable bonds is 2. The van der Waals surface area contributed by atoms with Crippen molar-refractivity contribution in [2.75, 3.05) is 5.32 Å². The second-order valence-corrected chi connectivity index (χ2v) is 7.87. The Labute approximate surface area is 117 Å². The molecule has 2 saturated carbocycles. The molecule has 1 aromatic carbocycles. The third-order valence-electron chi connectivity index (χ3n) is 5.80. The molecule has 1 N–H and O–H groups in total. The van der Waals surface area contributed by atoms with Crippen LogP contribution in [0.4, 0.5) is 5.69 Å². The van der Waals surface area contributed by atoms with E-state index in [9.17, 15) is 0 Å². The minimum atomic E-state index is 0.421. The topological polar surface area (TPSA) is 12.0 Å². The first kappa shape index (κ1) is 13.0. The number of fused-ring (bicyclic) bond motifs is 2. The number of hydrogen-bond donors (Lipinski definition) is 1. The van der Waals surface area contributed by atoms with E-state index in [0.717, 1.165) is 5.92 Å². The van der Waals surface area contributed by atoms with Crippen molar-refractivity contribution in [3.63, 3.8) is 0 Å². The van der Waals surface area contributed by atoms with E-state index >= 15 is 0 Å². The van der Waals surface area contributed by atoms with E-state index < -0.39 is 0 Å². The van der Waals surface area contributed by atoms with Gasteiger partial charge in [0, 0.05) is 11.7 Å². The summed E-state index contributed by atoms with van der Waals surface area (Å²) in [5.74, 6) is 0.904. The average Bonchev–Trinajstić information content (AvgIpc) is 2.74. The zero-order valence-corrected chi connectivity index (χ0v) is 13.0. The van der Waals surface area contributed by atoms with Gasteiger partial charge in [0.1, 0.15) is 0 Å². The Morgan fingerprint density at radius 2 is 1.68 bits per heavy atom. The summed E-state index contributed by atoms with van der Waals surface area (Å²) in [5.41, 5.74) is 4.93. The average molecular weight is 257 g/mol. The summed E-state index contributed by atoms with van der Waals surface area (Å²) >= 11 is 0. The number of hydrogen-bond acceptors (Lipinski definition) is 1. The van der Waals surface area contributed by atoms with Crippen LogP contribution in [0.25, 0.3) is 0 Å². The molecule has 2 fully saturated rings. The van der Waals surface area contributed by atoms with Crippen molar-refractivity contribution in [3.05, 3.63) is 29.3 Å². The van der Waals surface area contributed by atoms with Gasteiger partial charge in [-0.1, -0.05) is 26.8 Å². The molecule has 2 aliphatic rings. The first-order valence-electron chi connectivity index (χ1n) is 7.66. The largest absolute Gasteiger partial charge is 0.381 e. The molecule has 3 atom stereocenters. The van der Waals surface area contributed by atoms with Crippen molar-refractivity contribution in [3.8, 4) is 0 Å². The van der Waals surface area contributed by atoms with Gasteiger partial charge in [0.2, 0.25) is 0 Å². The molecule has 1 nitrogen and oxygen atoms in total. The molecule has 1 heteroatoms. The van der Waals surface area contributed by atoms with Crippen LogP contribution in [0, 0.1) is 30.6 Å². The molecule has 2 bridgehead atoms. The molecule has 0 radical (unpaired) electrons. The van der Waals surface area contributed by atoms with Gasteiger partial charge in [0.15, 0.2) is 0 Å². The molecular weight excluding hydrogens is 230 g/mol. The fourth-order valence-electron chi connectivity index (χ4n) is 4.89. The number of aryl methyl sites for hydroxylation is 2. The smallest absolute Gasteiger partial charge is 0.0368 e. The van der Waals surface area contributed by atoms with E-state index in [1.165, 1.54) is 36.1 Å². The number of nitrogens with one attached hydrogen (secondary N) is 1. The highest BCUT2D eigenvalue weighted by atomic mass is 15.0. The maximum absolute atomic E-state index is 3.88. The van der Waals surface area contributed by atoms with Crippen molar-refractivity contribution in [1.29, 1.82) is 0 Å². The van der Waals surface area contributed by atoms with Crippen LogP contribution in [0.1, 0.15) is 51.2 Å². The van der Waals surface area contributed by atoms with E-state index in [0.29, 0.717) is 16.9 Å². The zero-order valence-electron chi connectivity index (χ0n) is 13.0. The van der Waals surface area contributed by atoms with Crippen molar-refractivity contribution in [2.24, 2.45) is 16.7 Å². The monoisotopic (exact) mass is 257 g/mol. The van der Waals surface area contributed by atoms with Gasteiger partial charge >= 0.3 is 0 Å².